The van der Waals surface area contributed by atoms with E-state index in [1.54, 1.807) is 4.57 Å². The van der Waals surface area contributed by atoms with Crippen LogP contribution in [-0.2, 0) is 6.54 Å². The van der Waals surface area contributed by atoms with E-state index < -0.39 is 0 Å². The second-order valence-corrected chi connectivity index (χ2v) is 6.97. The van der Waals surface area contributed by atoms with Crippen molar-refractivity contribution in [2.24, 2.45) is 0 Å². The van der Waals surface area contributed by atoms with Gasteiger partial charge in [0, 0.05) is 22.2 Å². The van der Waals surface area contributed by atoms with Gasteiger partial charge in [0.05, 0.1) is 10.9 Å². The number of fused-ring (bicyclic) bond motifs is 1. The van der Waals surface area contributed by atoms with Crippen molar-refractivity contribution in [1.29, 1.82) is 0 Å². The van der Waals surface area contributed by atoms with Crippen LogP contribution in [0.1, 0.15) is 0 Å². The van der Waals surface area contributed by atoms with E-state index in [0.29, 0.717) is 11.9 Å². The predicted octanol–water partition coefficient (Wildman–Crippen LogP) is 3.23. The molecule has 0 aliphatic heterocycles. The molecule has 0 atom stereocenters. The Labute approximate surface area is 148 Å². The maximum Gasteiger partial charge on any atom is 0.261 e. The Morgan fingerprint density at radius 3 is 2.57 bits per heavy atom. The molecule has 0 bridgehead atoms. The number of halogens is 1. The quantitative estimate of drug-likeness (QED) is 0.610. The largest absolute Gasteiger partial charge is 0.308 e. The third-order valence-corrected chi connectivity index (χ3v) is 4.39. The summed E-state index contributed by atoms with van der Waals surface area (Å²) in [5.74, 6) is 0.728. The van der Waals surface area contributed by atoms with E-state index in [1.807, 2.05) is 62.6 Å². The summed E-state index contributed by atoms with van der Waals surface area (Å²) in [6.07, 6.45) is 0. The number of benzene rings is 2. The molecule has 0 spiro atoms. The highest BCUT2D eigenvalue weighted by molar-refractivity contribution is 14.1. The van der Waals surface area contributed by atoms with Gasteiger partial charge in [0.2, 0.25) is 0 Å². The maximum absolute atomic E-state index is 13.0. The molecule has 1 aromatic heterocycles. The molecule has 0 N–H and O–H groups in total. The number of likely N-dealkylation sites (N-methyl/N-ethyl adjacent to an activating group) is 1. The van der Waals surface area contributed by atoms with Crippen molar-refractivity contribution in [3.8, 4) is 11.4 Å². The first-order chi connectivity index (χ1) is 11.1. The molecule has 5 heteroatoms. The molecular formula is C18H18IN3O. The van der Waals surface area contributed by atoms with Crippen LogP contribution >= 0.6 is 22.6 Å². The van der Waals surface area contributed by atoms with Crippen LogP contribution in [0, 0.1) is 3.57 Å². The van der Waals surface area contributed by atoms with E-state index in [9.17, 15) is 4.79 Å². The molecule has 0 unspecified atom stereocenters. The molecular weight excluding hydrogens is 401 g/mol. The molecule has 0 saturated carbocycles. The lowest BCUT2D eigenvalue weighted by Crippen LogP contribution is -2.28. The molecule has 0 radical (unpaired) electrons. The molecule has 0 aliphatic carbocycles. The number of hydrogen-bond donors (Lipinski definition) is 0. The van der Waals surface area contributed by atoms with Crippen LogP contribution in [0.4, 0.5) is 0 Å². The van der Waals surface area contributed by atoms with Crippen molar-refractivity contribution in [3.05, 3.63) is 62.5 Å². The second-order valence-electron chi connectivity index (χ2n) is 5.72. The zero-order chi connectivity index (χ0) is 16.4. The van der Waals surface area contributed by atoms with Crippen LogP contribution in [-0.4, -0.2) is 35.1 Å². The standard InChI is InChI=1S/C18H18IN3O/c1-21(2)10-11-22-17(13-6-4-3-5-7-13)20-16-9-8-14(19)12-15(16)18(22)23/h3-9,12H,10-11H2,1-2H3. The maximum atomic E-state index is 13.0. The summed E-state index contributed by atoms with van der Waals surface area (Å²) in [5.41, 5.74) is 1.73. The van der Waals surface area contributed by atoms with E-state index in [-0.39, 0.29) is 5.56 Å². The second kappa shape index (κ2) is 6.80. The molecule has 0 saturated heterocycles. The summed E-state index contributed by atoms with van der Waals surface area (Å²) >= 11 is 2.22. The molecule has 0 fully saturated rings. The van der Waals surface area contributed by atoms with Gasteiger partial charge in [-0.1, -0.05) is 30.3 Å². The van der Waals surface area contributed by atoms with Crippen molar-refractivity contribution < 1.29 is 0 Å². The van der Waals surface area contributed by atoms with Crippen molar-refractivity contribution in [2.45, 2.75) is 6.54 Å². The van der Waals surface area contributed by atoms with Crippen LogP contribution in [0.5, 0.6) is 0 Å². The average molecular weight is 419 g/mol. The summed E-state index contributed by atoms with van der Waals surface area (Å²) in [6, 6.07) is 15.7. The van der Waals surface area contributed by atoms with Crippen molar-refractivity contribution >= 4 is 33.5 Å². The lowest BCUT2D eigenvalue weighted by atomic mass is 10.2. The van der Waals surface area contributed by atoms with Crippen LogP contribution in [0.15, 0.2) is 53.3 Å². The average Bonchev–Trinajstić information content (AvgIpc) is 2.55. The molecule has 4 nitrogen and oxygen atoms in total. The fourth-order valence-electron chi connectivity index (χ4n) is 2.51. The smallest absolute Gasteiger partial charge is 0.261 e. The summed E-state index contributed by atoms with van der Waals surface area (Å²) < 4.78 is 2.83. The Morgan fingerprint density at radius 2 is 1.87 bits per heavy atom. The van der Waals surface area contributed by atoms with Gasteiger partial charge in [-0.25, -0.2) is 4.98 Å². The molecule has 0 aliphatic rings. The summed E-state index contributed by atoms with van der Waals surface area (Å²) in [4.78, 5) is 19.8. The summed E-state index contributed by atoms with van der Waals surface area (Å²) in [7, 11) is 4.01. The Morgan fingerprint density at radius 1 is 1.13 bits per heavy atom. The monoisotopic (exact) mass is 419 g/mol. The number of aromatic nitrogens is 2. The first-order valence-corrected chi connectivity index (χ1v) is 8.54. The SMILES string of the molecule is CN(C)CCn1c(-c2ccccc2)nc2ccc(I)cc2c1=O. The highest BCUT2D eigenvalue weighted by Gasteiger charge is 2.13. The zero-order valence-corrected chi connectivity index (χ0v) is 15.3. The van der Waals surface area contributed by atoms with Gasteiger partial charge in [0.15, 0.2) is 0 Å². The highest BCUT2D eigenvalue weighted by atomic mass is 127. The number of rotatable bonds is 4. The predicted molar refractivity (Wildman–Crippen MR) is 103 cm³/mol. The van der Waals surface area contributed by atoms with E-state index in [1.165, 1.54) is 0 Å². The van der Waals surface area contributed by atoms with E-state index in [2.05, 4.69) is 27.5 Å². The molecule has 118 valence electrons. The zero-order valence-electron chi connectivity index (χ0n) is 13.2. The minimum atomic E-state index is 0.0224. The lowest BCUT2D eigenvalue weighted by Gasteiger charge is -2.16. The van der Waals surface area contributed by atoms with Gasteiger partial charge in [0.1, 0.15) is 5.82 Å². The highest BCUT2D eigenvalue weighted by Crippen LogP contribution is 2.20. The normalized spacial score (nSPS) is 11.3. The van der Waals surface area contributed by atoms with Gasteiger partial charge in [-0.2, -0.15) is 0 Å². The van der Waals surface area contributed by atoms with Gasteiger partial charge >= 0.3 is 0 Å². The number of nitrogens with zero attached hydrogens (tertiary/aromatic N) is 3. The Balaban J connectivity index is 2.26. The molecule has 3 rings (SSSR count). The van der Waals surface area contributed by atoms with Crippen molar-refractivity contribution in [3.63, 3.8) is 0 Å². The van der Waals surface area contributed by atoms with E-state index in [0.717, 1.165) is 27.0 Å². The van der Waals surface area contributed by atoms with Gasteiger partial charge in [0.25, 0.3) is 5.56 Å². The Kier molecular flexibility index (Phi) is 4.77. The third kappa shape index (κ3) is 3.45. The van der Waals surface area contributed by atoms with Gasteiger partial charge in [-0.3, -0.25) is 9.36 Å². The molecule has 23 heavy (non-hydrogen) atoms. The first kappa shape index (κ1) is 16.1. The Hall–Kier alpha value is -1.73. The van der Waals surface area contributed by atoms with Gasteiger partial charge in [-0.05, 0) is 54.9 Å². The van der Waals surface area contributed by atoms with Crippen LogP contribution in [0.25, 0.3) is 22.3 Å². The van der Waals surface area contributed by atoms with Crippen molar-refractivity contribution in [2.75, 3.05) is 20.6 Å². The van der Waals surface area contributed by atoms with Crippen LogP contribution < -0.4 is 5.56 Å². The summed E-state index contributed by atoms with van der Waals surface area (Å²) in [5, 5.41) is 0.676. The van der Waals surface area contributed by atoms with Gasteiger partial charge < -0.3 is 4.90 Å². The Bertz CT molecular complexity index is 888. The molecule has 0 amide bonds. The molecule has 2 aromatic carbocycles. The lowest BCUT2D eigenvalue weighted by molar-refractivity contribution is 0.381. The first-order valence-electron chi connectivity index (χ1n) is 7.46. The number of hydrogen-bond acceptors (Lipinski definition) is 3. The minimum Gasteiger partial charge on any atom is -0.308 e. The van der Waals surface area contributed by atoms with Gasteiger partial charge in [-0.15, -0.1) is 0 Å². The molecule has 3 aromatic rings. The fraction of sp³-hybridized carbons (Fsp3) is 0.222. The van der Waals surface area contributed by atoms with Crippen molar-refractivity contribution in [1.82, 2.24) is 14.5 Å². The third-order valence-electron chi connectivity index (χ3n) is 3.72. The van der Waals surface area contributed by atoms with Crippen LogP contribution in [0.3, 0.4) is 0 Å². The summed E-state index contributed by atoms with van der Waals surface area (Å²) in [6.45, 7) is 1.40. The molecule has 1 heterocycles. The van der Waals surface area contributed by atoms with E-state index >= 15 is 0 Å². The minimum absolute atomic E-state index is 0.0224. The fourth-order valence-corrected chi connectivity index (χ4v) is 3.00. The van der Waals surface area contributed by atoms with Crippen LogP contribution in [0.2, 0.25) is 0 Å². The topological polar surface area (TPSA) is 38.1 Å². The van der Waals surface area contributed by atoms with E-state index in [4.69, 9.17) is 4.98 Å².